The van der Waals surface area contributed by atoms with Crippen molar-refractivity contribution in [3.8, 4) is 5.75 Å². The highest BCUT2D eigenvalue weighted by Crippen LogP contribution is 2.29. The van der Waals surface area contributed by atoms with Gasteiger partial charge in [-0.3, -0.25) is 9.80 Å². The summed E-state index contributed by atoms with van der Waals surface area (Å²) in [5, 5.41) is 10.2. The van der Waals surface area contributed by atoms with Gasteiger partial charge in [0.25, 0.3) is 0 Å². The van der Waals surface area contributed by atoms with Gasteiger partial charge in [-0.1, -0.05) is 37.1 Å². The first-order valence-corrected chi connectivity index (χ1v) is 8.59. The average molecular weight is 325 g/mol. The lowest BCUT2D eigenvalue weighted by atomic mass is 10.0. The zero-order chi connectivity index (χ0) is 15.5. The van der Waals surface area contributed by atoms with E-state index in [1.165, 1.54) is 12.8 Å². The maximum absolute atomic E-state index is 9.73. The minimum absolute atomic E-state index is 0.168. The van der Waals surface area contributed by atoms with E-state index in [2.05, 4.69) is 16.7 Å². The van der Waals surface area contributed by atoms with Crippen LogP contribution in [0, 0.1) is 0 Å². The number of benzene rings is 1. The third-order valence-corrected chi connectivity index (χ3v) is 5.21. The first-order chi connectivity index (χ1) is 10.7. The van der Waals surface area contributed by atoms with Crippen LogP contribution in [0.15, 0.2) is 18.2 Å². The zero-order valence-electron chi connectivity index (χ0n) is 13.2. The van der Waals surface area contributed by atoms with Gasteiger partial charge in [0.15, 0.2) is 0 Å². The fraction of sp³-hybridized carbons (Fsp3) is 0.647. The molecule has 122 valence electrons. The Bertz CT molecular complexity index is 509. The van der Waals surface area contributed by atoms with E-state index in [0.717, 1.165) is 45.0 Å². The topological polar surface area (TPSA) is 35.9 Å². The van der Waals surface area contributed by atoms with E-state index in [9.17, 15) is 5.11 Å². The monoisotopic (exact) mass is 324 g/mol. The molecule has 2 atom stereocenters. The number of ether oxygens (including phenoxy) is 1. The molecule has 0 amide bonds. The van der Waals surface area contributed by atoms with Crippen molar-refractivity contribution in [3.05, 3.63) is 28.8 Å². The SMILES string of the molecule is CCC[C@H]1COC[C@H]2CN(Cc3cccc(O)c3Cl)CCN12. The predicted octanol–water partition coefficient (Wildman–Crippen LogP) is 2.73. The van der Waals surface area contributed by atoms with Gasteiger partial charge in [-0.2, -0.15) is 0 Å². The number of aromatic hydroxyl groups is 1. The Morgan fingerprint density at radius 2 is 2.18 bits per heavy atom. The van der Waals surface area contributed by atoms with Gasteiger partial charge in [-0.05, 0) is 18.1 Å². The molecule has 0 unspecified atom stereocenters. The highest BCUT2D eigenvalue weighted by molar-refractivity contribution is 6.32. The maximum atomic E-state index is 9.73. The molecule has 1 N–H and O–H groups in total. The van der Waals surface area contributed by atoms with Gasteiger partial charge >= 0.3 is 0 Å². The summed E-state index contributed by atoms with van der Waals surface area (Å²) in [5.41, 5.74) is 0.997. The van der Waals surface area contributed by atoms with Crippen molar-refractivity contribution < 1.29 is 9.84 Å². The smallest absolute Gasteiger partial charge is 0.134 e. The summed E-state index contributed by atoms with van der Waals surface area (Å²) in [7, 11) is 0. The van der Waals surface area contributed by atoms with Crippen LogP contribution in [-0.2, 0) is 11.3 Å². The highest BCUT2D eigenvalue weighted by atomic mass is 35.5. The second-order valence-electron chi connectivity index (χ2n) is 6.36. The van der Waals surface area contributed by atoms with Crippen molar-refractivity contribution in [1.82, 2.24) is 9.80 Å². The van der Waals surface area contributed by atoms with Crippen molar-refractivity contribution in [2.24, 2.45) is 0 Å². The van der Waals surface area contributed by atoms with Crippen LogP contribution in [0.2, 0.25) is 5.02 Å². The van der Waals surface area contributed by atoms with Crippen molar-refractivity contribution in [3.63, 3.8) is 0 Å². The summed E-state index contributed by atoms with van der Waals surface area (Å²) in [6.07, 6.45) is 2.43. The minimum atomic E-state index is 0.168. The van der Waals surface area contributed by atoms with Gasteiger partial charge in [0.2, 0.25) is 0 Å². The van der Waals surface area contributed by atoms with Gasteiger partial charge in [-0.25, -0.2) is 0 Å². The first-order valence-electron chi connectivity index (χ1n) is 8.21. The van der Waals surface area contributed by atoms with E-state index in [1.54, 1.807) is 6.07 Å². The molecule has 2 aliphatic rings. The Morgan fingerprint density at radius 1 is 1.32 bits per heavy atom. The number of hydrogen-bond acceptors (Lipinski definition) is 4. The number of rotatable bonds is 4. The molecular weight excluding hydrogens is 300 g/mol. The molecule has 22 heavy (non-hydrogen) atoms. The summed E-state index contributed by atoms with van der Waals surface area (Å²) in [6, 6.07) is 6.54. The molecular formula is C17H25ClN2O2. The van der Waals surface area contributed by atoms with Crippen molar-refractivity contribution >= 4 is 11.6 Å². The van der Waals surface area contributed by atoms with Crippen LogP contribution >= 0.6 is 11.6 Å². The molecule has 0 radical (unpaired) electrons. The summed E-state index contributed by atoms with van der Waals surface area (Å²) >= 11 is 6.20. The highest BCUT2D eigenvalue weighted by Gasteiger charge is 2.35. The number of phenols is 1. The molecule has 0 aliphatic carbocycles. The molecule has 4 nitrogen and oxygen atoms in total. The third-order valence-electron chi connectivity index (χ3n) is 4.78. The van der Waals surface area contributed by atoms with E-state index in [1.807, 2.05) is 12.1 Å². The second-order valence-corrected chi connectivity index (χ2v) is 6.73. The maximum Gasteiger partial charge on any atom is 0.134 e. The van der Waals surface area contributed by atoms with Crippen LogP contribution in [0.4, 0.5) is 0 Å². The van der Waals surface area contributed by atoms with Gasteiger partial charge in [0.1, 0.15) is 5.75 Å². The molecule has 1 aromatic carbocycles. The molecule has 0 saturated carbocycles. The fourth-order valence-electron chi connectivity index (χ4n) is 3.65. The van der Waals surface area contributed by atoms with Crippen molar-refractivity contribution in [2.45, 2.75) is 38.4 Å². The number of phenolic OH excluding ortho intramolecular Hbond substituents is 1. The standard InChI is InChI=1S/C17H25ClN2O2/c1-2-4-14-11-22-12-15-10-19(7-8-20(14)15)9-13-5-3-6-16(21)17(13)18/h3,5-6,14-15,21H,2,4,7-12H2,1H3/t14-,15+/m0/s1. The van der Waals surface area contributed by atoms with Crippen LogP contribution in [0.3, 0.4) is 0 Å². The molecule has 1 aromatic rings. The summed E-state index contributed by atoms with van der Waals surface area (Å²) in [5.74, 6) is 0.168. The molecule has 0 spiro atoms. The largest absolute Gasteiger partial charge is 0.506 e. The molecule has 5 heteroatoms. The first kappa shape index (κ1) is 16.1. The predicted molar refractivity (Wildman–Crippen MR) is 88.4 cm³/mol. The minimum Gasteiger partial charge on any atom is -0.506 e. The van der Waals surface area contributed by atoms with Crippen molar-refractivity contribution in [1.29, 1.82) is 0 Å². The lowest BCUT2D eigenvalue weighted by Gasteiger charge is -2.48. The molecule has 0 bridgehead atoms. The summed E-state index contributed by atoms with van der Waals surface area (Å²) in [6.45, 7) is 7.87. The quantitative estimate of drug-likeness (QED) is 0.924. The van der Waals surface area contributed by atoms with Crippen LogP contribution < -0.4 is 0 Å². The normalized spacial score (nSPS) is 26.8. The molecule has 2 fully saturated rings. The molecule has 2 heterocycles. The van der Waals surface area contributed by atoms with Crippen molar-refractivity contribution in [2.75, 3.05) is 32.8 Å². The number of halogens is 1. The van der Waals surface area contributed by atoms with Gasteiger partial charge < -0.3 is 9.84 Å². The number of fused-ring (bicyclic) bond motifs is 1. The third kappa shape index (κ3) is 3.40. The van der Waals surface area contributed by atoms with Crippen LogP contribution in [0.5, 0.6) is 5.75 Å². The van der Waals surface area contributed by atoms with Crippen LogP contribution in [0.25, 0.3) is 0 Å². The number of morpholine rings is 1. The van der Waals surface area contributed by atoms with E-state index < -0.39 is 0 Å². The molecule has 2 saturated heterocycles. The van der Waals surface area contributed by atoms with Gasteiger partial charge in [0, 0.05) is 38.3 Å². The molecule has 2 aliphatic heterocycles. The lowest BCUT2D eigenvalue weighted by molar-refractivity contribution is -0.0840. The fourth-order valence-corrected chi connectivity index (χ4v) is 3.84. The Kier molecular flexibility index (Phi) is 5.24. The number of piperazine rings is 1. The lowest BCUT2D eigenvalue weighted by Crippen LogP contribution is -2.61. The second kappa shape index (κ2) is 7.18. The summed E-state index contributed by atoms with van der Waals surface area (Å²) in [4.78, 5) is 5.05. The summed E-state index contributed by atoms with van der Waals surface area (Å²) < 4.78 is 5.81. The van der Waals surface area contributed by atoms with E-state index in [-0.39, 0.29) is 5.75 Å². The van der Waals surface area contributed by atoms with Crippen LogP contribution in [-0.4, -0.2) is 59.8 Å². The van der Waals surface area contributed by atoms with Crippen LogP contribution in [0.1, 0.15) is 25.3 Å². The van der Waals surface area contributed by atoms with Gasteiger partial charge in [-0.15, -0.1) is 0 Å². The average Bonchev–Trinajstić information content (AvgIpc) is 2.52. The number of hydrogen-bond donors (Lipinski definition) is 1. The zero-order valence-corrected chi connectivity index (χ0v) is 13.9. The molecule has 0 aromatic heterocycles. The van der Waals surface area contributed by atoms with E-state index in [0.29, 0.717) is 17.1 Å². The number of nitrogens with zero attached hydrogens (tertiary/aromatic N) is 2. The Morgan fingerprint density at radius 3 is 3.00 bits per heavy atom. The Balaban J connectivity index is 1.63. The van der Waals surface area contributed by atoms with Gasteiger partial charge in [0.05, 0.1) is 18.2 Å². The molecule has 3 rings (SSSR count). The van der Waals surface area contributed by atoms with E-state index in [4.69, 9.17) is 16.3 Å². The van der Waals surface area contributed by atoms with E-state index >= 15 is 0 Å². The Labute approximate surface area is 137 Å². The Hall–Kier alpha value is -0.810.